The fourth-order valence-electron chi connectivity index (χ4n) is 2.40. The van der Waals surface area contributed by atoms with Gasteiger partial charge in [-0.25, -0.2) is 4.68 Å². The van der Waals surface area contributed by atoms with E-state index in [2.05, 4.69) is 15.6 Å². The van der Waals surface area contributed by atoms with Crippen molar-refractivity contribution in [2.24, 2.45) is 0 Å². The monoisotopic (exact) mass is 349 g/mol. The molecule has 1 aromatic heterocycles. The van der Waals surface area contributed by atoms with Crippen LogP contribution >= 0.6 is 0 Å². The summed E-state index contributed by atoms with van der Waals surface area (Å²) < 4.78 is 1.53. The molecule has 1 heterocycles. The van der Waals surface area contributed by atoms with Crippen LogP contribution < -0.4 is 5.32 Å². The molecule has 3 rings (SSSR count). The van der Waals surface area contributed by atoms with Gasteiger partial charge in [-0.05, 0) is 31.2 Å². The Hall–Kier alpha value is -3.48. The Morgan fingerprint density at radius 2 is 1.73 bits per heavy atom. The highest BCUT2D eigenvalue weighted by atomic mass is 16.2. The van der Waals surface area contributed by atoms with Crippen molar-refractivity contribution in [1.82, 2.24) is 19.9 Å². The third kappa shape index (κ3) is 3.61. The van der Waals surface area contributed by atoms with Gasteiger partial charge in [-0.1, -0.05) is 35.0 Å². The Kier molecular flexibility index (Phi) is 4.79. The Bertz CT molecular complexity index is 945. The Labute approximate surface area is 151 Å². The first-order valence-electron chi connectivity index (χ1n) is 8.07. The highest BCUT2D eigenvalue weighted by Crippen LogP contribution is 2.17. The smallest absolute Gasteiger partial charge is 0.277 e. The van der Waals surface area contributed by atoms with E-state index >= 15 is 0 Å². The standard InChI is InChI=1S/C19H19N5O2/c1-13-8-10-14(11-9-13)24-12-17(21-22-24)18(25)20-16-7-5-4-6-15(16)19(26)23(2)3/h4-12H,1-3H3,(H,20,25). The fraction of sp³-hybridized carbons (Fsp3) is 0.158. The summed E-state index contributed by atoms with van der Waals surface area (Å²) in [5, 5.41) is 10.7. The minimum atomic E-state index is -0.428. The van der Waals surface area contributed by atoms with E-state index in [-0.39, 0.29) is 11.6 Å². The molecule has 0 atom stereocenters. The number of hydrogen-bond acceptors (Lipinski definition) is 4. The van der Waals surface area contributed by atoms with Crippen molar-refractivity contribution in [3.05, 3.63) is 71.5 Å². The van der Waals surface area contributed by atoms with Gasteiger partial charge in [0.25, 0.3) is 11.8 Å². The molecule has 132 valence electrons. The Morgan fingerprint density at radius 1 is 1.04 bits per heavy atom. The fourth-order valence-corrected chi connectivity index (χ4v) is 2.40. The predicted octanol–water partition coefficient (Wildman–Crippen LogP) is 2.53. The highest BCUT2D eigenvalue weighted by Gasteiger charge is 2.17. The summed E-state index contributed by atoms with van der Waals surface area (Å²) in [4.78, 5) is 26.2. The first-order valence-corrected chi connectivity index (χ1v) is 8.07. The number of carbonyl (C=O) groups is 2. The van der Waals surface area contributed by atoms with Crippen LogP contribution in [-0.2, 0) is 0 Å². The van der Waals surface area contributed by atoms with Gasteiger partial charge in [-0.15, -0.1) is 5.10 Å². The molecular formula is C19H19N5O2. The highest BCUT2D eigenvalue weighted by molar-refractivity contribution is 6.08. The molecule has 7 heteroatoms. The largest absolute Gasteiger partial charge is 0.345 e. The number of nitrogens with zero attached hydrogens (tertiary/aromatic N) is 4. The van der Waals surface area contributed by atoms with Gasteiger partial charge < -0.3 is 10.2 Å². The summed E-state index contributed by atoms with van der Waals surface area (Å²) in [6.45, 7) is 2.00. The second-order valence-electron chi connectivity index (χ2n) is 6.08. The average molecular weight is 349 g/mol. The summed E-state index contributed by atoms with van der Waals surface area (Å²) in [5.74, 6) is -0.619. The molecule has 26 heavy (non-hydrogen) atoms. The van der Waals surface area contributed by atoms with E-state index in [1.165, 1.54) is 9.58 Å². The van der Waals surface area contributed by atoms with Crippen molar-refractivity contribution in [2.45, 2.75) is 6.92 Å². The molecule has 0 fully saturated rings. The van der Waals surface area contributed by atoms with Gasteiger partial charge in [0.1, 0.15) is 0 Å². The quantitative estimate of drug-likeness (QED) is 0.785. The van der Waals surface area contributed by atoms with Gasteiger partial charge in [-0.2, -0.15) is 0 Å². The number of amides is 2. The third-order valence-electron chi connectivity index (χ3n) is 3.84. The molecular weight excluding hydrogens is 330 g/mol. The van der Waals surface area contributed by atoms with Gasteiger partial charge in [0.05, 0.1) is 23.1 Å². The van der Waals surface area contributed by atoms with Gasteiger partial charge >= 0.3 is 0 Å². The molecule has 0 spiro atoms. The van der Waals surface area contributed by atoms with Crippen LogP contribution in [-0.4, -0.2) is 45.8 Å². The second-order valence-corrected chi connectivity index (χ2v) is 6.08. The molecule has 0 aliphatic carbocycles. The zero-order valence-electron chi connectivity index (χ0n) is 14.8. The molecule has 0 aliphatic rings. The zero-order valence-corrected chi connectivity index (χ0v) is 14.8. The van der Waals surface area contributed by atoms with Crippen molar-refractivity contribution >= 4 is 17.5 Å². The first-order chi connectivity index (χ1) is 12.5. The Morgan fingerprint density at radius 3 is 2.42 bits per heavy atom. The van der Waals surface area contributed by atoms with E-state index in [4.69, 9.17) is 0 Å². The van der Waals surface area contributed by atoms with Gasteiger partial charge in [-0.3, -0.25) is 9.59 Å². The molecule has 3 aromatic rings. The van der Waals surface area contributed by atoms with E-state index in [0.717, 1.165) is 11.3 Å². The number of aryl methyl sites for hydroxylation is 1. The minimum Gasteiger partial charge on any atom is -0.345 e. The maximum atomic E-state index is 12.5. The zero-order chi connectivity index (χ0) is 18.7. The van der Waals surface area contributed by atoms with E-state index < -0.39 is 5.91 Å². The molecule has 0 radical (unpaired) electrons. The molecule has 0 unspecified atom stereocenters. The number of nitrogens with one attached hydrogen (secondary N) is 1. The lowest BCUT2D eigenvalue weighted by atomic mass is 10.1. The van der Waals surface area contributed by atoms with Gasteiger partial charge in [0.15, 0.2) is 5.69 Å². The number of benzene rings is 2. The number of carbonyl (C=O) groups excluding carboxylic acids is 2. The van der Waals surface area contributed by atoms with Crippen LogP contribution in [0.15, 0.2) is 54.7 Å². The summed E-state index contributed by atoms with van der Waals surface area (Å²) in [7, 11) is 3.32. The molecule has 0 saturated carbocycles. The van der Waals surface area contributed by atoms with Crippen molar-refractivity contribution < 1.29 is 9.59 Å². The van der Waals surface area contributed by atoms with Gasteiger partial charge in [0, 0.05) is 14.1 Å². The van der Waals surface area contributed by atoms with Crippen molar-refractivity contribution in [3.8, 4) is 5.69 Å². The number of aromatic nitrogens is 3. The molecule has 1 N–H and O–H groups in total. The normalized spacial score (nSPS) is 10.4. The van der Waals surface area contributed by atoms with E-state index in [0.29, 0.717) is 11.3 Å². The lowest BCUT2D eigenvalue weighted by Gasteiger charge is -2.14. The molecule has 0 bridgehead atoms. The topological polar surface area (TPSA) is 80.1 Å². The van der Waals surface area contributed by atoms with Crippen molar-refractivity contribution in [1.29, 1.82) is 0 Å². The summed E-state index contributed by atoms with van der Waals surface area (Å²) in [5.41, 5.74) is 2.95. The molecule has 2 aromatic carbocycles. The second kappa shape index (κ2) is 7.18. The first kappa shape index (κ1) is 17.3. The SMILES string of the molecule is Cc1ccc(-n2cc(C(=O)Nc3ccccc3C(=O)N(C)C)nn2)cc1. The minimum absolute atomic E-state index is 0.165. The number of anilines is 1. The van der Waals surface area contributed by atoms with Crippen LogP contribution in [0.25, 0.3) is 5.69 Å². The van der Waals surface area contributed by atoms with E-state index in [1.54, 1.807) is 44.6 Å². The van der Waals surface area contributed by atoms with Crippen LogP contribution in [0, 0.1) is 6.92 Å². The average Bonchev–Trinajstić information content (AvgIpc) is 3.12. The molecule has 7 nitrogen and oxygen atoms in total. The maximum Gasteiger partial charge on any atom is 0.277 e. The lowest BCUT2D eigenvalue weighted by molar-refractivity contribution is 0.0828. The van der Waals surface area contributed by atoms with Crippen molar-refractivity contribution in [2.75, 3.05) is 19.4 Å². The van der Waals surface area contributed by atoms with E-state index in [1.807, 2.05) is 31.2 Å². The molecule has 0 saturated heterocycles. The third-order valence-corrected chi connectivity index (χ3v) is 3.84. The predicted molar refractivity (Wildman–Crippen MR) is 98.5 cm³/mol. The Balaban J connectivity index is 1.82. The van der Waals surface area contributed by atoms with Crippen molar-refractivity contribution in [3.63, 3.8) is 0 Å². The van der Waals surface area contributed by atoms with Crippen LogP contribution in [0.5, 0.6) is 0 Å². The van der Waals surface area contributed by atoms with E-state index in [9.17, 15) is 9.59 Å². The molecule has 2 amide bonds. The molecule has 0 aliphatic heterocycles. The number of rotatable bonds is 4. The summed E-state index contributed by atoms with van der Waals surface area (Å²) >= 11 is 0. The lowest BCUT2D eigenvalue weighted by Crippen LogP contribution is -2.24. The number of hydrogen-bond donors (Lipinski definition) is 1. The maximum absolute atomic E-state index is 12.5. The number of para-hydroxylation sites is 1. The van der Waals surface area contributed by atoms with Gasteiger partial charge in [0.2, 0.25) is 0 Å². The van der Waals surface area contributed by atoms with Crippen LogP contribution in [0.1, 0.15) is 26.4 Å². The van der Waals surface area contributed by atoms with Crippen LogP contribution in [0.2, 0.25) is 0 Å². The van der Waals surface area contributed by atoms with Crippen LogP contribution in [0.4, 0.5) is 5.69 Å². The van der Waals surface area contributed by atoms with Crippen LogP contribution in [0.3, 0.4) is 0 Å². The summed E-state index contributed by atoms with van der Waals surface area (Å²) in [6, 6.07) is 14.6. The summed E-state index contributed by atoms with van der Waals surface area (Å²) in [6.07, 6.45) is 1.55.